The van der Waals surface area contributed by atoms with Gasteiger partial charge in [0.1, 0.15) is 18.0 Å². The van der Waals surface area contributed by atoms with E-state index < -0.39 is 0 Å². The molecular weight excluding hydrogens is 338 g/mol. The first-order chi connectivity index (χ1) is 13.3. The summed E-state index contributed by atoms with van der Waals surface area (Å²) < 4.78 is 0. The van der Waals surface area contributed by atoms with Crippen LogP contribution < -0.4 is 15.5 Å². The van der Waals surface area contributed by atoms with E-state index in [1.807, 2.05) is 54.6 Å². The van der Waals surface area contributed by atoms with Gasteiger partial charge in [-0.2, -0.15) is 0 Å². The van der Waals surface area contributed by atoms with Gasteiger partial charge >= 0.3 is 0 Å². The highest BCUT2D eigenvalue weighted by Gasteiger charge is 2.16. The average Bonchev–Trinajstić information content (AvgIpc) is 3.24. The van der Waals surface area contributed by atoms with E-state index in [9.17, 15) is 4.79 Å². The van der Waals surface area contributed by atoms with Gasteiger partial charge in [0, 0.05) is 24.8 Å². The summed E-state index contributed by atoms with van der Waals surface area (Å²) in [7, 11) is 0. The van der Waals surface area contributed by atoms with Crippen LogP contribution >= 0.6 is 0 Å². The van der Waals surface area contributed by atoms with E-state index in [0.29, 0.717) is 11.4 Å². The van der Waals surface area contributed by atoms with Crippen LogP contribution in [0.25, 0.3) is 0 Å². The molecule has 2 N–H and O–H groups in total. The lowest BCUT2D eigenvalue weighted by Gasteiger charge is -2.17. The molecule has 0 spiro atoms. The number of amides is 1. The Morgan fingerprint density at radius 2 is 1.67 bits per heavy atom. The van der Waals surface area contributed by atoms with E-state index in [2.05, 4.69) is 25.5 Å². The summed E-state index contributed by atoms with van der Waals surface area (Å²) in [5.41, 5.74) is 2.23. The van der Waals surface area contributed by atoms with Crippen molar-refractivity contribution in [2.75, 3.05) is 28.6 Å². The Hall–Kier alpha value is -3.41. The predicted molar refractivity (Wildman–Crippen MR) is 108 cm³/mol. The molecule has 1 aliphatic rings. The third-order valence-corrected chi connectivity index (χ3v) is 4.55. The fourth-order valence-electron chi connectivity index (χ4n) is 3.19. The van der Waals surface area contributed by atoms with Gasteiger partial charge in [0.25, 0.3) is 5.91 Å². The summed E-state index contributed by atoms with van der Waals surface area (Å²) in [5, 5.41) is 6.19. The number of nitrogens with zero attached hydrogens (tertiary/aromatic N) is 3. The van der Waals surface area contributed by atoms with Gasteiger partial charge in [-0.05, 0) is 37.1 Å². The standard InChI is InChI=1S/C21H21N5O/c27-21(25-19-14-20(23-15-22-19)26-12-6-7-13-26)17-10-4-5-11-18(17)24-16-8-2-1-3-9-16/h1-5,8-11,14-15,24H,6-7,12-13H2,(H,22,23,25,27). The van der Waals surface area contributed by atoms with Gasteiger partial charge in [0.15, 0.2) is 0 Å². The van der Waals surface area contributed by atoms with Crippen LogP contribution in [0.3, 0.4) is 0 Å². The van der Waals surface area contributed by atoms with Crippen LogP contribution in [-0.4, -0.2) is 29.0 Å². The Bertz CT molecular complexity index is 923. The zero-order valence-electron chi connectivity index (χ0n) is 14.9. The topological polar surface area (TPSA) is 70.2 Å². The molecule has 6 heteroatoms. The third kappa shape index (κ3) is 4.06. The smallest absolute Gasteiger partial charge is 0.258 e. The maximum Gasteiger partial charge on any atom is 0.258 e. The maximum atomic E-state index is 12.8. The van der Waals surface area contributed by atoms with Crippen LogP contribution in [0.2, 0.25) is 0 Å². The van der Waals surface area contributed by atoms with E-state index >= 15 is 0 Å². The van der Waals surface area contributed by atoms with Gasteiger partial charge in [0.05, 0.1) is 11.3 Å². The van der Waals surface area contributed by atoms with Crippen molar-refractivity contribution < 1.29 is 4.79 Å². The predicted octanol–water partition coefficient (Wildman–Crippen LogP) is 4.07. The molecule has 4 rings (SSSR count). The molecule has 0 saturated carbocycles. The minimum atomic E-state index is -0.208. The Balaban J connectivity index is 1.53. The van der Waals surface area contributed by atoms with Gasteiger partial charge in [0.2, 0.25) is 0 Å². The molecule has 136 valence electrons. The summed E-state index contributed by atoms with van der Waals surface area (Å²) in [6, 6.07) is 19.0. The third-order valence-electron chi connectivity index (χ3n) is 4.55. The highest BCUT2D eigenvalue weighted by molar-refractivity contribution is 6.08. The van der Waals surface area contributed by atoms with Crippen molar-refractivity contribution in [3.63, 3.8) is 0 Å². The van der Waals surface area contributed by atoms with E-state index in [4.69, 9.17) is 0 Å². The molecule has 1 aromatic heterocycles. The molecule has 2 heterocycles. The van der Waals surface area contributed by atoms with Crippen molar-refractivity contribution in [3.8, 4) is 0 Å². The van der Waals surface area contributed by atoms with Gasteiger partial charge in [-0.1, -0.05) is 30.3 Å². The fraction of sp³-hybridized carbons (Fsp3) is 0.190. The minimum absolute atomic E-state index is 0.208. The molecule has 2 aromatic carbocycles. The van der Waals surface area contributed by atoms with Crippen LogP contribution in [0, 0.1) is 0 Å². The number of carbonyl (C=O) groups excluding carboxylic acids is 1. The van der Waals surface area contributed by atoms with Crippen molar-refractivity contribution in [2.24, 2.45) is 0 Å². The zero-order chi connectivity index (χ0) is 18.5. The molecule has 3 aromatic rings. The van der Waals surface area contributed by atoms with Crippen LogP contribution in [0.1, 0.15) is 23.2 Å². The lowest BCUT2D eigenvalue weighted by atomic mass is 10.1. The number of rotatable bonds is 5. The normalized spacial score (nSPS) is 13.4. The lowest BCUT2D eigenvalue weighted by Crippen LogP contribution is -2.20. The Kier molecular flexibility index (Phi) is 4.96. The maximum absolute atomic E-state index is 12.8. The van der Waals surface area contributed by atoms with Crippen molar-refractivity contribution >= 4 is 28.9 Å². The van der Waals surface area contributed by atoms with E-state index in [0.717, 1.165) is 30.3 Å². The number of nitrogens with one attached hydrogen (secondary N) is 2. The largest absolute Gasteiger partial charge is 0.356 e. The average molecular weight is 359 g/mol. The number of hydrogen-bond acceptors (Lipinski definition) is 5. The number of carbonyl (C=O) groups is 1. The van der Waals surface area contributed by atoms with E-state index in [1.165, 1.54) is 19.2 Å². The molecule has 0 aliphatic carbocycles. The molecule has 0 bridgehead atoms. The molecule has 0 atom stereocenters. The van der Waals surface area contributed by atoms with Gasteiger partial charge in [-0.25, -0.2) is 9.97 Å². The molecule has 1 fully saturated rings. The first-order valence-corrected chi connectivity index (χ1v) is 9.09. The molecular formula is C21H21N5O. The van der Waals surface area contributed by atoms with E-state index in [1.54, 1.807) is 6.07 Å². The first-order valence-electron chi connectivity index (χ1n) is 9.09. The summed E-state index contributed by atoms with van der Waals surface area (Å²) in [5.74, 6) is 1.15. The van der Waals surface area contributed by atoms with Crippen molar-refractivity contribution in [1.82, 2.24) is 9.97 Å². The Morgan fingerprint density at radius 1 is 0.926 bits per heavy atom. The van der Waals surface area contributed by atoms with Crippen molar-refractivity contribution in [3.05, 3.63) is 72.6 Å². The zero-order valence-corrected chi connectivity index (χ0v) is 14.9. The van der Waals surface area contributed by atoms with Gasteiger partial charge in [-0.15, -0.1) is 0 Å². The summed E-state index contributed by atoms with van der Waals surface area (Å²) >= 11 is 0. The second-order valence-electron chi connectivity index (χ2n) is 6.45. The highest BCUT2D eigenvalue weighted by Crippen LogP contribution is 2.23. The molecule has 0 unspecified atom stereocenters. The fourth-order valence-corrected chi connectivity index (χ4v) is 3.19. The number of para-hydroxylation sites is 2. The SMILES string of the molecule is O=C(Nc1cc(N2CCCC2)ncn1)c1ccccc1Nc1ccccc1. The number of benzene rings is 2. The van der Waals surface area contributed by atoms with Crippen molar-refractivity contribution in [1.29, 1.82) is 0 Å². The van der Waals surface area contributed by atoms with Crippen molar-refractivity contribution in [2.45, 2.75) is 12.8 Å². The number of hydrogen-bond donors (Lipinski definition) is 2. The van der Waals surface area contributed by atoms with Gasteiger partial charge < -0.3 is 15.5 Å². The summed E-state index contributed by atoms with van der Waals surface area (Å²) in [6.07, 6.45) is 3.84. The Labute approximate surface area is 158 Å². The molecule has 1 aliphatic heterocycles. The summed E-state index contributed by atoms with van der Waals surface area (Å²) in [4.78, 5) is 23.6. The second-order valence-corrected chi connectivity index (χ2v) is 6.45. The van der Waals surface area contributed by atoms with Gasteiger partial charge in [-0.3, -0.25) is 4.79 Å². The molecule has 6 nitrogen and oxygen atoms in total. The van der Waals surface area contributed by atoms with Crippen LogP contribution in [0.15, 0.2) is 67.0 Å². The van der Waals surface area contributed by atoms with E-state index in [-0.39, 0.29) is 5.91 Å². The van der Waals surface area contributed by atoms with Crippen LogP contribution in [0.5, 0.6) is 0 Å². The highest BCUT2D eigenvalue weighted by atomic mass is 16.1. The molecule has 27 heavy (non-hydrogen) atoms. The van der Waals surface area contributed by atoms with Crippen LogP contribution in [0.4, 0.5) is 23.0 Å². The first kappa shape index (κ1) is 17.0. The second kappa shape index (κ2) is 7.86. The summed E-state index contributed by atoms with van der Waals surface area (Å²) in [6.45, 7) is 1.99. The Morgan fingerprint density at radius 3 is 2.48 bits per heavy atom. The minimum Gasteiger partial charge on any atom is -0.356 e. The molecule has 1 saturated heterocycles. The quantitative estimate of drug-likeness (QED) is 0.718. The molecule has 0 radical (unpaired) electrons. The van der Waals surface area contributed by atoms with Crippen LogP contribution in [-0.2, 0) is 0 Å². The molecule has 1 amide bonds. The lowest BCUT2D eigenvalue weighted by molar-refractivity contribution is 0.102. The monoisotopic (exact) mass is 359 g/mol. The number of anilines is 4. The number of aromatic nitrogens is 2.